The van der Waals surface area contributed by atoms with E-state index in [0.717, 1.165) is 31.7 Å². The fourth-order valence-electron chi connectivity index (χ4n) is 2.10. The first-order valence-corrected chi connectivity index (χ1v) is 6.82. The number of hydrogen-bond donors (Lipinski definition) is 0. The summed E-state index contributed by atoms with van der Waals surface area (Å²) in [6.07, 6.45) is 6.02. The van der Waals surface area contributed by atoms with Gasteiger partial charge in [0.2, 0.25) is 0 Å². The Morgan fingerprint density at radius 1 is 1.41 bits per heavy atom. The molecule has 1 aromatic heterocycles. The summed E-state index contributed by atoms with van der Waals surface area (Å²) in [6.45, 7) is 1.76. The average molecular weight is 340 g/mol. The molecule has 2 aromatic rings. The maximum Gasteiger partial charge on any atom is 0.122 e. The van der Waals surface area contributed by atoms with Gasteiger partial charge in [-0.3, -0.25) is 4.68 Å². The molecule has 4 heteroatoms. The minimum atomic E-state index is 0.830. The van der Waals surface area contributed by atoms with Gasteiger partial charge in [0.1, 0.15) is 5.75 Å². The van der Waals surface area contributed by atoms with Crippen LogP contribution < -0.4 is 4.74 Å². The van der Waals surface area contributed by atoms with Crippen molar-refractivity contribution in [3.63, 3.8) is 0 Å². The molecule has 0 N–H and O–H groups in total. The molecule has 0 spiro atoms. The Morgan fingerprint density at radius 2 is 2.35 bits per heavy atom. The number of aromatic nitrogens is 2. The van der Waals surface area contributed by atoms with E-state index in [2.05, 4.69) is 52.1 Å². The maximum atomic E-state index is 5.50. The molecular weight excluding hydrogens is 327 g/mol. The maximum absolute atomic E-state index is 5.50. The zero-order valence-electron chi connectivity index (χ0n) is 9.40. The Hall–Kier alpha value is -1.04. The monoisotopic (exact) mass is 340 g/mol. The molecule has 0 unspecified atom stereocenters. The van der Waals surface area contributed by atoms with Crippen LogP contribution >= 0.6 is 22.6 Å². The van der Waals surface area contributed by atoms with Crippen molar-refractivity contribution in [2.45, 2.75) is 19.4 Å². The van der Waals surface area contributed by atoms with Crippen molar-refractivity contribution < 1.29 is 4.74 Å². The molecule has 0 atom stereocenters. The van der Waals surface area contributed by atoms with E-state index in [9.17, 15) is 0 Å². The topological polar surface area (TPSA) is 27.1 Å². The number of fused-ring (bicyclic) bond motifs is 1. The van der Waals surface area contributed by atoms with E-state index in [1.54, 1.807) is 0 Å². The van der Waals surface area contributed by atoms with Gasteiger partial charge in [0, 0.05) is 19.2 Å². The second-order valence-electron chi connectivity index (χ2n) is 4.21. The number of ether oxygens (including phenoxy) is 1. The number of halogens is 1. The Balaban J connectivity index is 1.69. The average Bonchev–Trinajstić information content (AvgIpc) is 2.94. The van der Waals surface area contributed by atoms with Gasteiger partial charge in [-0.05, 0) is 46.2 Å². The van der Waals surface area contributed by atoms with Crippen molar-refractivity contribution >= 4 is 22.6 Å². The Morgan fingerprint density at radius 3 is 3.18 bits per heavy atom. The summed E-state index contributed by atoms with van der Waals surface area (Å²) in [6, 6.07) is 6.50. The molecule has 0 radical (unpaired) electrons. The van der Waals surface area contributed by atoms with Gasteiger partial charge in [-0.15, -0.1) is 0 Å². The summed E-state index contributed by atoms with van der Waals surface area (Å²) in [5.41, 5.74) is 2.71. The predicted molar refractivity (Wildman–Crippen MR) is 74.3 cm³/mol. The second kappa shape index (κ2) is 4.68. The molecule has 0 bridgehead atoms. The van der Waals surface area contributed by atoms with E-state index in [0.29, 0.717) is 0 Å². The highest BCUT2D eigenvalue weighted by atomic mass is 127. The molecular formula is C13H13IN2O. The first kappa shape index (κ1) is 11.1. The highest BCUT2D eigenvalue weighted by molar-refractivity contribution is 14.1. The number of hydrogen-bond acceptors (Lipinski definition) is 2. The number of aryl methyl sites for hydroxylation is 2. The standard InChI is InChI=1S/C13H13IN2O/c14-12-8-15-16(9-12)5-3-10-1-2-13-11(7-10)4-6-17-13/h1-2,7-9H,3-6H2. The summed E-state index contributed by atoms with van der Waals surface area (Å²) in [5, 5.41) is 4.29. The van der Waals surface area contributed by atoms with E-state index < -0.39 is 0 Å². The molecule has 0 saturated heterocycles. The SMILES string of the molecule is Ic1cnn(CCc2ccc3c(c2)CCO3)c1. The molecule has 2 heterocycles. The van der Waals surface area contributed by atoms with Gasteiger partial charge in [-0.2, -0.15) is 5.10 Å². The van der Waals surface area contributed by atoms with Gasteiger partial charge in [0.15, 0.2) is 0 Å². The summed E-state index contributed by atoms with van der Waals surface area (Å²) in [4.78, 5) is 0. The van der Waals surface area contributed by atoms with Crippen LogP contribution in [-0.2, 0) is 19.4 Å². The minimum absolute atomic E-state index is 0.830. The van der Waals surface area contributed by atoms with Crippen LogP contribution in [0.3, 0.4) is 0 Å². The lowest BCUT2D eigenvalue weighted by molar-refractivity contribution is 0.357. The minimum Gasteiger partial charge on any atom is -0.493 e. The van der Waals surface area contributed by atoms with Gasteiger partial charge in [0.25, 0.3) is 0 Å². The van der Waals surface area contributed by atoms with E-state index >= 15 is 0 Å². The Labute approximate surface area is 114 Å². The van der Waals surface area contributed by atoms with Crippen LogP contribution in [0.25, 0.3) is 0 Å². The molecule has 3 nitrogen and oxygen atoms in total. The van der Waals surface area contributed by atoms with Gasteiger partial charge < -0.3 is 4.74 Å². The number of benzene rings is 1. The molecule has 1 aliphatic heterocycles. The molecule has 17 heavy (non-hydrogen) atoms. The predicted octanol–water partition coefficient (Wildman–Crippen LogP) is 2.67. The highest BCUT2D eigenvalue weighted by Gasteiger charge is 2.11. The Kier molecular flexibility index (Phi) is 3.05. The van der Waals surface area contributed by atoms with Gasteiger partial charge in [-0.1, -0.05) is 12.1 Å². The molecule has 3 rings (SSSR count). The van der Waals surface area contributed by atoms with Crippen molar-refractivity contribution in [2.75, 3.05) is 6.61 Å². The third-order valence-electron chi connectivity index (χ3n) is 2.99. The number of nitrogens with zero attached hydrogens (tertiary/aromatic N) is 2. The molecule has 88 valence electrons. The third-order valence-corrected chi connectivity index (χ3v) is 3.54. The van der Waals surface area contributed by atoms with Crippen molar-refractivity contribution in [2.24, 2.45) is 0 Å². The van der Waals surface area contributed by atoms with Crippen LogP contribution in [0.2, 0.25) is 0 Å². The zero-order chi connectivity index (χ0) is 11.7. The van der Waals surface area contributed by atoms with E-state index in [1.807, 2.05) is 10.9 Å². The summed E-state index contributed by atoms with van der Waals surface area (Å²) in [7, 11) is 0. The summed E-state index contributed by atoms with van der Waals surface area (Å²) in [5.74, 6) is 1.06. The molecule has 0 aliphatic carbocycles. The van der Waals surface area contributed by atoms with E-state index in [1.165, 1.54) is 14.7 Å². The summed E-state index contributed by atoms with van der Waals surface area (Å²) < 4.78 is 8.68. The highest BCUT2D eigenvalue weighted by Crippen LogP contribution is 2.26. The van der Waals surface area contributed by atoms with Crippen LogP contribution in [0.5, 0.6) is 5.75 Å². The fraction of sp³-hybridized carbons (Fsp3) is 0.308. The third kappa shape index (κ3) is 2.46. The normalized spacial score (nSPS) is 13.5. The van der Waals surface area contributed by atoms with Gasteiger partial charge in [0.05, 0.1) is 16.4 Å². The van der Waals surface area contributed by atoms with E-state index in [-0.39, 0.29) is 0 Å². The van der Waals surface area contributed by atoms with Crippen LogP contribution in [-0.4, -0.2) is 16.4 Å². The lowest BCUT2D eigenvalue weighted by atomic mass is 10.1. The Bertz CT molecular complexity index is 536. The molecule has 0 saturated carbocycles. The van der Waals surface area contributed by atoms with Crippen LogP contribution in [0, 0.1) is 3.57 Å². The van der Waals surface area contributed by atoms with Gasteiger partial charge >= 0.3 is 0 Å². The molecule has 0 fully saturated rings. The van der Waals surface area contributed by atoms with Crippen LogP contribution in [0.15, 0.2) is 30.6 Å². The van der Waals surface area contributed by atoms with Gasteiger partial charge in [-0.25, -0.2) is 0 Å². The van der Waals surface area contributed by atoms with Crippen LogP contribution in [0.1, 0.15) is 11.1 Å². The molecule has 1 aromatic carbocycles. The zero-order valence-corrected chi connectivity index (χ0v) is 11.6. The van der Waals surface area contributed by atoms with E-state index in [4.69, 9.17) is 4.74 Å². The summed E-state index contributed by atoms with van der Waals surface area (Å²) >= 11 is 2.28. The van der Waals surface area contributed by atoms with Crippen molar-refractivity contribution in [1.82, 2.24) is 9.78 Å². The van der Waals surface area contributed by atoms with Crippen molar-refractivity contribution in [3.8, 4) is 5.75 Å². The van der Waals surface area contributed by atoms with Crippen molar-refractivity contribution in [1.29, 1.82) is 0 Å². The lowest BCUT2D eigenvalue weighted by Crippen LogP contribution is -2.01. The number of rotatable bonds is 3. The lowest BCUT2D eigenvalue weighted by Gasteiger charge is -2.04. The van der Waals surface area contributed by atoms with Crippen molar-refractivity contribution in [3.05, 3.63) is 45.3 Å². The quantitative estimate of drug-likeness (QED) is 0.804. The first-order valence-electron chi connectivity index (χ1n) is 5.74. The largest absolute Gasteiger partial charge is 0.493 e. The fourth-order valence-corrected chi connectivity index (χ4v) is 2.55. The molecule has 0 amide bonds. The van der Waals surface area contributed by atoms with Crippen LogP contribution in [0.4, 0.5) is 0 Å². The second-order valence-corrected chi connectivity index (χ2v) is 5.46. The smallest absolute Gasteiger partial charge is 0.122 e. The first-order chi connectivity index (χ1) is 8.31. The molecule has 1 aliphatic rings.